The number of ether oxygens (including phenoxy) is 1. The molecule has 0 saturated carbocycles. The molecule has 1 unspecified atom stereocenters. The minimum absolute atomic E-state index is 0.368. The Balaban J connectivity index is 2.18. The van der Waals surface area contributed by atoms with Gasteiger partial charge in [-0.15, -0.1) is 11.6 Å². The Morgan fingerprint density at radius 1 is 1.36 bits per heavy atom. The number of hydrogen-bond donors (Lipinski definition) is 0. The van der Waals surface area contributed by atoms with Gasteiger partial charge in [0, 0.05) is 6.54 Å². The third-order valence-corrected chi connectivity index (χ3v) is 3.96. The maximum atomic E-state index is 12.3. The molecular formula is C17H21NO4. The smallest absolute Gasteiger partial charge is 0.357 e. The van der Waals surface area contributed by atoms with E-state index in [0.29, 0.717) is 31.4 Å². The molecule has 0 aromatic heterocycles. The third-order valence-electron chi connectivity index (χ3n) is 3.96. The van der Waals surface area contributed by atoms with E-state index in [4.69, 9.17) is 9.57 Å². The van der Waals surface area contributed by atoms with E-state index in [0.717, 1.165) is 6.42 Å². The minimum Gasteiger partial charge on any atom is -0.468 e. The summed E-state index contributed by atoms with van der Waals surface area (Å²) in [4.78, 5) is 30.0. The monoisotopic (exact) mass is 303 g/mol. The van der Waals surface area contributed by atoms with Gasteiger partial charge >= 0.3 is 11.9 Å². The number of carbonyl (C=O) groups excluding carboxylic acids is 2. The molecule has 1 aromatic carbocycles. The summed E-state index contributed by atoms with van der Waals surface area (Å²) in [6, 6.07) is 8.73. The molecule has 5 heteroatoms. The number of hydrogen-bond acceptors (Lipinski definition) is 5. The molecule has 2 rings (SSSR count). The lowest BCUT2D eigenvalue weighted by molar-refractivity contribution is -0.190. The number of hydroxylamine groups is 2. The van der Waals surface area contributed by atoms with Gasteiger partial charge in [0.2, 0.25) is 0 Å². The van der Waals surface area contributed by atoms with Crippen LogP contribution in [0.5, 0.6) is 0 Å². The SMILES string of the molecule is C=CCCC1(C(=O)OC)CCCN1OC(=O)c1ccccc1. The summed E-state index contributed by atoms with van der Waals surface area (Å²) < 4.78 is 4.95. The number of esters is 1. The van der Waals surface area contributed by atoms with Crippen molar-refractivity contribution >= 4 is 11.9 Å². The molecule has 1 aliphatic rings. The van der Waals surface area contributed by atoms with E-state index in [1.165, 1.54) is 12.2 Å². The van der Waals surface area contributed by atoms with Crippen molar-refractivity contribution in [2.75, 3.05) is 13.7 Å². The number of nitrogens with zero attached hydrogens (tertiary/aromatic N) is 1. The van der Waals surface area contributed by atoms with Crippen LogP contribution in [-0.2, 0) is 14.4 Å². The maximum Gasteiger partial charge on any atom is 0.357 e. The van der Waals surface area contributed by atoms with Crippen molar-refractivity contribution in [3.05, 3.63) is 48.6 Å². The van der Waals surface area contributed by atoms with Crippen molar-refractivity contribution in [3.8, 4) is 0 Å². The van der Waals surface area contributed by atoms with Gasteiger partial charge in [-0.2, -0.15) is 0 Å². The van der Waals surface area contributed by atoms with Gasteiger partial charge in [0.15, 0.2) is 5.54 Å². The molecule has 118 valence electrons. The minimum atomic E-state index is -0.909. The molecule has 0 amide bonds. The zero-order valence-corrected chi connectivity index (χ0v) is 12.8. The van der Waals surface area contributed by atoms with Crippen LogP contribution in [0.2, 0.25) is 0 Å². The Kier molecular flexibility index (Phi) is 5.33. The first-order chi connectivity index (χ1) is 10.6. The fourth-order valence-electron chi connectivity index (χ4n) is 2.80. The highest BCUT2D eigenvalue weighted by atomic mass is 16.7. The number of methoxy groups -OCH3 is 1. The zero-order valence-electron chi connectivity index (χ0n) is 12.8. The van der Waals surface area contributed by atoms with Crippen molar-refractivity contribution in [1.29, 1.82) is 0 Å². The molecule has 1 aliphatic heterocycles. The van der Waals surface area contributed by atoms with Crippen LogP contribution in [0.4, 0.5) is 0 Å². The van der Waals surface area contributed by atoms with Crippen LogP contribution >= 0.6 is 0 Å². The molecule has 5 nitrogen and oxygen atoms in total. The van der Waals surface area contributed by atoms with Crippen LogP contribution in [-0.4, -0.2) is 36.2 Å². The third kappa shape index (κ3) is 3.20. The highest BCUT2D eigenvalue weighted by Crippen LogP contribution is 2.35. The van der Waals surface area contributed by atoms with E-state index in [1.807, 2.05) is 6.07 Å². The van der Waals surface area contributed by atoms with Gasteiger partial charge in [0.25, 0.3) is 0 Å². The van der Waals surface area contributed by atoms with Gasteiger partial charge in [0.1, 0.15) is 0 Å². The van der Waals surface area contributed by atoms with E-state index in [-0.39, 0.29) is 5.97 Å². The van der Waals surface area contributed by atoms with Crippen molar-refractivity contribution < 1.29 is 19.2 Å². The first kappa shape index (κ1) is 16.2. The summed E-state index contributed by atoms with van der Waals surface area (Å²) in [5.41, 5.74) is -0.454. The Bertz CT molecular complexity index is 543. The average molecular weight is 303 g/mol. The Morgan fingerprint density at radius 3 is 2.73 bits per heavy atom. The predicted molar refractivity (Wildman–Crippen MR) is 82.0 cm³/mol. The first-order valence-electron chi connectivity index (χ1n) is 7.38. The van der Waals surface area contributed by atoms with Crippen molar-refractivity contribution in [2.24, 2.45) is 0 Å². The van der Waals surface area contributed by atoms with Crippen LogP contribution in [0.1, 0.15) is 36.0 Å². The second kappa shape index (κ2) is 7.22. The quantitative estimate of drug-likeness (QED) is 0.597. The van der Waals surface area contributed by atoms with Crippen molar-refractivity contribution in [2.45, 2.75) is 31.2 Å². The number of rotatable bonds is 6. The van der Waals surface area contributed by atoms with E-state index >= 15 is 0 Å². The Morgan fingerprint density at radius 2 is 2.09 bits per heavy atom. The molecule has 1 saturated heterocycles. The summed E-state index contributed by atoms with van der Waals surface area (Å²) in [5, 5.41) is 1.48. The lowest BCUT2D eigenvalue weighted by atomic mass is 9.91. The summed E-state index contributed by atoms with van der Waals surface area (Å²) in [5.74, 6) is -0.831. The largest absolute Gasteiger partial charge is 0.468 e. The van der Waals surface area contributed by atoms with Gasteiger partial charge in [0.05, 0.1) is 12.7 Å². The molecule has 1 fully saturated rings. The van der Waals surface area contributed by atoms with Crippen LogP contribution < -0.4 is 0 Å². The molecule has 22 heavy (non-hydrogen) atoms. The number of allylic oxidation sites excluding steroid dienone is 1. The second-order valence-corrected chi connectivity index (χ2v) is 5.30. The van der Waals surface area contributed by atoms with Gasteiger partial charge in [-0.25, -0.2) is 9.59 Å². The fourth-order valence-corrected chi connectivity index (χ4v) is 2.80. The molecule has 0 bridgehead atoms. The highest BCUT2D eigenvalue weighted by molar-refractivity contribution is 5.89. The summed E-state index contributed by atoms with van der Waals surface area (Å²) in [6.45, 7) is 4.21. The van der Waals surface area contributed by atoms with Gasteiger partial charge < -0.3 is 9.57 Å². The van der Waals surface area contributed by atoms with Gasteiger partial charge in [-0.1, -0.05) is 24.3 Å². The summed E-state index contributed by atoms with van der Waals surface area (Å²) in [7, 11) is 1.35. The Hall–Kier alpha value is -2.14. The molecule has 0 radical (unpaired) electrons. The molecule has 1 atom stereocenters. The molecule has 1 heterocycles. The molecular weight excluding hydrogens is 282 g/mol. The van der Waals surface area contributed by atoms with Gasteiger partial charge in [-0.05, 0) is 37.8 Å². The standard InChI is InChI=1S/C17H21NO4/c1-3-4-11-17(16(20)21-2)12-8-13-18(17)22-15(19)14-9-6-5-7-10-14/h3,5-7,9-10H,1,4,8,11-13H2,2H3. The predicted octanol–water partition coefficient (Wildman–Crippen LogP) is 2.73. The maximum absolute atomic E-state index is 12.3. The van der Waals surface area contributed by atoms with E-state index in [9.17, 15) is 9.59 Å². The lowest BCUT2D eigenvalue weighted by Crippen LogP contribution is -2.51. The summed E-state index contributed by atoms with van der Waals surface area (Å²) >= 11 is 0. The zero-order chi connectivity index (χ0) is 16.0. The number of benzene rings is 1. The normalized spacial score (nSPS) is 21.3. The van der Waals surface area contributed by atoms with Crippen LogP contribution in [0.15, 0.2) is 43.0 Å². The van der Waals surface area contributed by atoms with Crippen LogP contribution in [0, 0.1) is 0 Å². The molecule has 0 N–H and O–H groups in total. The number of carbonyl (C=O) groups is 2. The fraction of sp³-hybridized carbons (Fsp3) is 0.412. The topological polar surface area (TPSA) is 55.8 Å². The Labute approximate surface area is 130 Å². The first-order valence-corrected chi connectivity index (χ1v) is 7.38. The average Bonchev–Trinajstić information content (AvgIpc) is 2.96. The lowest BCUT2D eigenvalue weighted by Gasteiger charge is -2.33. The van der Waals surface area contributed by atoms with E-state index in [1.54, 1.807) is 30.3 Å². The second-order valence-electron chi connectivity index (χ2n) is 5.30. The van der Waals surface area contributed by atoms with Crippen LogP contribution in [0.3, 0.4) is 0 Å². The van der Waals surface area contributed by atoms with Crippen LogP contribution in [0.25, 0.3) is 0 Å². The molecule has 1 aromatic rings. The van der Waals surface area contributed by atoms with Crippen molar-refractivity contribution in [1.82, 2.24) is 5.06 Å². The van der Waals surface area contributed by atoms with Crippen molar-refractivity contribution in [3.63, 3.8) is 0 Å². The van der Waals surface area contributed by atoms with E-state index < -0.39 is 11.5 Å². The molecule has 0 spiro atoms. The van der Waals surface area contributed by atoms with E-state index in [2.05, 4.69) is 6.58 Å². The van der Waals surface area contributed by atoms with Gasteiger partial charge in [-0.3, -0.25) is 0 Å². The molecule has 0 aliphatic carbocycles. The highest BCUT2D eigenvalue weighted by Gasteiger charge is 2.50. The summed E-state index contributed by atoms with van der Waals surface area (Å²) in [6.07, 6.45) is 4.30.